The van der Waals surface area contributed by atoms with E-state index in [4.69, 9.17) is 9.47 Å². The average Bonchev–Trinajstić information content (AvgIpc) is 3.25. The predicted octanol–water partition coefficient (Wildman–Crippen LogP) is 3.90. The summed E-state index contributed by atoms with van der Waals surface area (Å²) in [7, 11) is 0. The Bertz CT molecular complexity index is 890. The molecule has 1 aliphatic carbocycles. The number of ether oxygens (including phenoxy) is 2. The third-order valence-corrected chi connectivity index (χ3v) is 5.29. The molecule has 0 aromatic heterocycles. The Kier molecular flexibility index (Phi) is 5.19. The van der Waals surface area contributed by atoms with E-state index in [-0.39, 0.29) is 24.3 Å². The Morgan fingerprint density at radius 2 is 1.71 bits per heavy atom. The van der Waals surface area contributed by atoms with Crippen LogP contribution in [-0.4, -0.2) is 24.5 Å². The van der Waals surface area contributed by atoms with Crippen molar-refractivity contribution in [1.29, 1.82) is 0 Å². The molecule has 1 unspecified atom stereocenters. The monoisotopic (exact) mass is 380 g/mol. The first-order valence-electron chi connectivity index (χ1n) is 9.71. The molecule has 146 valence electrons. The van der Waals surface area contributed by atoms with Crippen molar-refractivity contribution in [3.05, 3.63) is 48.0 Å². The van der Waals surface area contributed by atoms with Crippen LogP contribution in [-0.2, 0) is 9.59 Å². The molecule has 0 saturated heterocycles. The second kappa shape index (κ2) is 7.92. The van der Waals surface area contributed by atoms with Crippen molar-refractivity contribution in [2.45, 2.75) is 38.7 Å². The summed E-state index contributed by atoms with van der Waals surface area (Å²) in [5, 5.41) is 5.87. The number of benzene rings is 2. The summed E-state index contributed by atoms with van der Waals surface area (Å²) in [5.74, 6) is 1.06. The highest BCUT2D eigenvalue weighted by Crippen LogP contribution is 2.31. The lowest BCUT2D eigenvalue weighted by Crippen LogP contribution is -2.40. The van der Waals surface area contributed by atoms with Crippen molar-refractivity contribution in [1.82, 2.24) is 0 Å². The highest BCUT2D eigenvalue weighted by Gasteiger charge is 2.28. The van der Waals surface area contributed by atoms with Crippen LogP contribution in [0.2, 0.25) is 0 Å². The van der Waals surface area contributed by atoms with Gasteiger partial charge < -0.3 is 20.1 Å². The van der Waals surface area contributed by atoms with Crippen LogP contribution in [0.15, 0.2) is 42.5 Å². The van der Waals surface area contributed by atoms with Crippen LogP contribution >= 0.6 is 0 Å². The number of hydrogen-bond donors (Lipinski definition) is 2. The predicted molar refractivity (Wildman–Crippen MR) is 107 cm³/mol. The van der Waals surface area contributed by atoms with Gasteiger partial charge in [-0.3, -0.25) is 9.59 Å². The molecule has 0 spiro atoms. The summed E-state index contributed by atoms with van der Waals surface area (Å²) in [6.45, 7) is 2.06. The fourth-order valence-electron chi connectivity index (χ4n) is 3.63. The molecular formula is C22H24N2O4. The smallest absolute Gasteiger partial charge is 0.269 e. The van der Waals surface area contributed by atoms with E-state index in [2.05, 4.69) is 10.6 Å². The first kappa shape index (κ1) is 18.3. The molecule has 4 rings (SSSR count). The van der Waals surface area contributed by atoms with E-state index in [9.17, 15) is 9.59 Å². The highest BCUT2D eigenvalue weighted by atomic mass is 16.6. The van der Waals surface area contributed by atoms with E-state index >= 15 is 0 Å². The van der Waals surface area contributed by atoms with Crippen molar-refractivity contribution < 1.29 is 19.1 Å². The SMILES string of the molecule is Cc1ccc(NC(=O)C2CCCC2)cc1NC(=O)C1COc2ccccc2O1. The van der Waals surface area contributed by atoms with Gasteiger partial charge >= 0.3 is 0 Å². The quantitative estimate of drug-likeness (QED) is 0.843. The second-order valence-corrected chi connectivity index (χ2v) is 7.35. The van der Waals surface area contributed by atoms with Gasteiger partial charge in [0, 0.05) is 17.3 Å². The molecule has 0 bridgehead atoms. The molecule has 6 heteroatoms. The van der Waals surface area contributed by atoms with E-state index in [1.807, 2.05) is 37.3 Å². The first-order chi connectivity index (χ1) is 13.6. The van der Waals surface area contributed by atoms with Gasteiger partial charge in [0.25, 0.3) is 5.91 Å². The van der Waals surface area contributed by atoms with Crippen LogP contribution in [0.4, 0.5) is 11.4 Å². The van der Waals surface area contributed by atoms with Gasteiger partial charge in [0.15, 0.2) is 11.5 Å². The van der Waals surface area contributed by atoms with Gasteiger partial charge in [-0.15, -0.1) is 0 Å². The fourth-order valence-corrected chi connectivity index (χ4v) is 3.63. The molecule has 1 atom stereocenters. The first-order valence-corrected chi connectivity index (χ1v) is 9.71. The number of amides is 2. The number of carbonyl (C=O) groups is 2. The molecule has 6 nitrogen and oxygen atoms in total. The second-order valence-electron chi connectivity index (χ2n) is 7.35. The van der Waals surface area contributed by atoms with E-state index in [0.29, 0.717) is 22.9 Å². The number of aryl methyl sites for hydroxylation is 1. The summed E-state index contributed by atoms with van der Waals surface area (Å²) in [5.41, 5.74) is 2.24. The zero-order valence-electron chi connectivity index (χ0n) is 15.9. The molecule has 2 amide bonds. The van der Waals surface area contributed by atoms with Gasteiger partial charge in [0.05, 0.1) is 0 Å². The van der Waals surface area contributed by atoms with Gasteiger partial charge in [-0.2, -0.15) is 0 Å². The topological polar surface area (TPSA) is 76.7 Å². The molecule has 1 aliphatic heterocycles. The minimum atomic E-state index is -0.731. The number of para-hydroxylation sites is 2. The van der Waals surface area contributed by atoms with Crippen LogP contribution in [0.1, 0.15) is 31.2 Å². The van der Waals surface area contributed by atoms with Gasteiger partial charge in [-0.25, -0.2) is 0 Å². The number of anilines is 2. The van der Waals surface area contributed by atoms with Crippen molar-refractivity contribution in [3.8, 4) is 11.5 Å². The lowest BCUT2D eigenvalue weighted by atomic mass is 10.1. The zero-order valence-corrected chi connectivity index (χ0v) is 15.9. The van der Waals surface area contributed by atoms with Gasteiger partial charge in [-0.1, -0.05) is 31.0 Å². The molecule has 28 heavy (non-hydrogen) atoms. The summed E-state index contributed by atoms with van der Waals surface area (Å²) in [6, 6.07) is 12.8. The Labute approximate surface area is 164 Å². The number of fused-ring (bicyclic) bond motifs is 1. The van der Waals surface area contributed by atoms with E-state index in [0.717, 1.165) is 31.2 Å². The molecule has 2 N–H and O–H groups in total. The normalized spacial score (nSPS) is 18.5. The molecule has 1 fully saturated rings. The lowest BCUT2D eigenvalue weighted by molar-refractivity contribution is -0.125. The van der Waals surface area contributed by atoms with E-state index in [1.165, 1.54) is 0 Å². The number of carbonyl (C=O) groups excluding carboxylic acids is 2. The maximum atomic E-state index is 12.7. The number of nitrogens with one attached hydrogen (secondary N) is 2. The summed E-state index contributed by atoms with van der Waals surface area (Å²) in [4.78, 5) is 25.0. The van der Waals surface area contributed by atoms with Crippen molar-refractivity contribution >= 4 is 23.2 Å². The van der Waals surface area contributed by atoms with E-state index in [1.54, 1.807) is 12.1 Å². The fraction of sp³-hybridized carbons (Fsp3) is 0.364. The van der Waals surface area contributed by atoms with Gasteiger partial charge in [-0.05, 0) is 49.6 Å². The minimum Gasteiger partial charge on any atom is -0.485 e. The number of rotatable bonds is 4. The van der Waals surface area contributed by atoms with Gasteiger partial charge in [0.2, 0.25) is 12.0 Å². The molecule has 1 heterocycles. The largest absolute Gasteiger partial charge is 0.485 e. The molecule has 0 radical (unpaired) electrons. The van der Waals surface area contributed by atoms with Crippen molar-refractivity contribution in [2.24, 2.45) is 5.92 Å². The Hall–Kier alpha value is -3.02. The van der Waals surface area contributed by atoms with Crippen LogP contribution in [0.25, 0.3) is 0 Å². The molecule has 2 aromatic rings. The van der Waals surface area contributed by atoms with Crippen LogP contribution < -0.4 is 20.1 Å². The lowest BCUT2D eigenvalue weighted by Gasteiger charge is -2.25. The Morgan fingerprint density at radius 3 is 2.50 bits per heavy atom. The van der Waals surface area contributed by atoms with Crippen LogP contribution in [0.5, 0.6) is 11.5 Å². The van der Waals surface area contributed by atoms with E-state index < -0.39 is 6.10 Å². The highest BCUT2D eigenvalue weighted by molar-refractivity contribution is 5.97. The molecule has 2 aromatic carbocycles. The summed E-state index contributed by atoms with van der Waals surface area (Å²) < 4.78 is 11.4. The summed E-state index contributed by atoms with van der Waals surface area (Å²) in [6.07, 6.45) is 3.38. The van der Waals surface area contributed by atoms with Crippen molar-refractivity contribution in [3.63, 3.8) is 0 Å². The third-order valence-electron chi connectivity index (χ3n) is 5.29. The maximum absolute atomic E-state index is 12.7. The third kappa shape index (κ3) is 3.96. The Morgan fingerprint density at radius 1 is 0.964 bits per heavy atom. The Balaban J connectivity index is 1.42. The zero-order chi connectivity index (χ0) is 19.5. The van der Waals surface area contributed by atoms with Crippen LogP contribution in [0.3, 0.4) is 0 Å². The molecule has 1 saturated carbocycles. The minimum absolute atomic E-state index is 0.0549. The molecule has 2 aliphatic rings. The standard InChI is InChI=1S/C22H24N2O4/c1-14-10-11-16(23-21(25)15-6-2-3-7-15)12-17(14)24-22(26)20-13-27-18-8-4-5-9-19(18)28-20/h4-5,8-12,15,20H,2-3,6-7,13H2,1H3,(H,23,25)(H,24,26). The van der Waals surface area contributed by atoms with Crippen molar-refractivity contribution in [2.75, 3.05) is 17.2 Å². The van der Waals surface area contributed by atoms with Gasteiger partial charge in [0.1, 0.15) is 6.61 Å². The average molecular weight is 380 g/mol. The number of hydrogen-bond acceptors (Lipinski definition) is 4. The molecular weight excluding hydrogens is 356 g/mol. The van der Waals surface area contributed by atoms with Crippen LogP contribution in [0, 0.1) is 12.8 Å². The summed E-state index contributed by atoms with van der Waals surface area (Å²) >= 11 is 0. The maximum Gasteiger partial charge on any atom is 0.269 e.